The highest BCUT2D eigenvalue weighted by Crippen LogP contribution is 2.26. The lowest BCUT2D eigenvalue weighted by Crippen LogP contribution is -1.97. The lowest BCUT2D eigenvalue weighted by Gasteiger charge is -2.07. The van der Waals surface area contributed by atoms with Crippen molar-refractivity contribution in [1.82, 2.24) is 9.97 Å². The third-order valence-corrected chi connectivity index (χ3v) is 2.66. The molecule has 0 atom stereocenters. The lowest BCUT2D eigenvalue weighted by atomic mass is 10.1. The normalized spacial score (nSPS) is 10.6. The van der Waals surface area contributed by atoms with Crippen LogP contribution in [-0.4, -0.2) is 9.97 Å². The zero-order chi connectivity index (χ0) is 12.6. The molecule has 0 bridgehead atoms. The smallest absolute Gasteiger partial charge is 0.155 e. The van der Waals surface area contributed by atoms with Gasteiger partial charge >= 0.3 is 0 Å². The third-order valence-electron chi connectivity index (χ3n) is 2.40. The van der Waals surface area contributed by atoms with E-state index in [-0.39, 0.29) is 16.4 Å². The maximum atomic E-state index is 13.1. The number of hydrogen-bond donors (Lipinski definition) is 0. The van der Waals surface area contributed by atoms with Crippen LogP contribution < -0.4 is 0 Å². The number of nitrogens with zero attached hydrogens (tertiary/aromatic N) is 2. The van der Waals surface area contributed by atoms with Crippen LogP contribution >= 0.6 is 11.6 Å². The van der Waals surface area contributed by atoms with Crippen LogP contribution in [0, 0.1) is 25.5 Å². The van der Waals surface area contributed by atoms with Crippen LogP contribution in [0.2, 0.25) is 5.15 Å². The molecule has 17 heavy (non-hydrogen) atoms. The van der Waals surface area contributed by atoms with E-state index >= 15 is 0 Å². The topological polar surface area (TPSA) is 25.8 Å². The zero-order valence-corrected chi connectivity index (χ0v) is 10.0. The van der Waals surface area contributed by atoms with E-state index in [1.165, 1.54) is 12.1 Å². The van der Waals surface area contributed by atoms with Gasteiger partial charge in [-0.2, -0.15) is 0 Å². The van der Waals surface area contributed by atoms with Crippen molar-refractivity contribution >= 4 is 11.6 Å². The van der Waals surface area contributed by atoms with Crippen LogP contribution in [0.4, 0.5) is 8.78 Å². The summed E-state index contributed by atoms with van der Waals surface area (Å²) in [6.45, 7) is 3.53. The van der Waals surface area contributed by atoms with Gasteiger partial charge in [-0.15, -0.1) is 0 Å². The van der Waals surface area contributed by atoms with E-state index in [0.717, 1.165) is 6.07 Å². The fourth-order valence-electron chi connectivity index (χ4n) is 1.45. The van der Waals surface area contributed by atoms with Gasteiger partial charge in [-0.1, -0.05) is 11.6 Å². The number of hydrogen-bond acceptors (Lipinski definition) is 2. The Bertz CT molecular complexity index is 565. The second kappa shape index (κ2) is 4.37. The van der Waals surface area contributed by atoms with Crippen molar-refractivity contribution in [3.8, 4) is 11.3 Å². The highest BCUT2D eigenvalue weighted by molar-refractivity contribution is 6.31. The minimum absolute atomic E-state index is 0.137. The van der Waals surface area contributed by atoms with Crippen LogP contribution in [0.15, 0.2) is 18.2 Å². The van der Waals surface area contributed by atoms with E-state index < -0.39 is 11.6 Å². The van der Waals surface area contributed by atoms with Gasteiger partial charge in [-0.25, -0.2) is 18.7 Å². The molecule has 88 valence electrons. The van der Waals surface area contributed by atoms with Gasteiger partial charge in [0.25, 0.3) is 0 Å². The molecule has 0 saturated carbocycles. The number of aryl methyl sites for hydroxylation is 2. The van der Waals surface area contributed by atoms with E-state index in [2.05, 4.69) is 9.97 Å². The molecule has 0 aliphatic rings. The van der Waals surface area contributed by atoms with E-state index in [4.69, 9.17) is 11.6 Å². The SMILES string of the molecule is Cc1nc(Cl)c(-c2cc(F)cc(F)c2)nc1C. The summed E-state index contributed by atoms with van der Waals surface area (Å²) in [7, 11) is 0. The highest BCUT2D eigenvalue weighted by Gasteiger charge is 2.11. The molecule has 0 spiro atoms. The van der Waals surface area contributed by atoms with Crippen molar-refractivity contribution in [2.24, 2.45) is 0 Å². The number of benzene rings is 1. The second-order valence-electron chi connectivity index (χ2n) is 3.69. The first-order chi connectivity index (χ1) is 7.97. The van der Waals surface area contributed by atoms with Gasteiger partial charge in [-0.05, 0) is 26.0 Å². The van der Waals surface area contributed by atoms with Crippen molar-refractivity contribution in [3.05, 3.63) is 46.4 Å². The van der Waals surface area contributed by atoms with Crippen molar-refractivity contribution in [2.45, 2.75) is 13.8 Å². The van der Waals surface area contributed by atoms with Gasteiger partial charge in [0.1, 0.15) is 17.3 Å². The third kappa shape index (κ3) is 2.42. The van der Waals surface area contributed by atoms with E-state index in [1.54, 1.807) is 13.8 Å². The standard InChI is InChI=1S/C12H9ClF2N2/c1-6-7(2)17-12(13)11(16-6)8-3-9(14)5-10(15)4-8/h3-5H,1-2H3. The summed E-state index contributed by atoms with van der Waals surface area (Å²) in [4.78, 5) is 8.26. The summed E-state index contributed by atoms with van der Waals surface area (Å²) >= 11 is 5.92. The predicted octanol–water partition coefficient (Wildman–Crippen LogP) is 3.69. The monoisotopic (exact) mass is 254 g/mol. The van der Waals surface area contributed by atoms with Gasteiger partial charge in [0.15, 0.2) is 5.15 Å². The molecule has 0 saturated heterocycles. The molecular weight excluding hydrogens is 246 g/mol. The Labute approximate surface area is 102 Å². The van der Waals surface area contributed by atoms with Gasteiger partial charge in [0.2, 0.25) is 0 Å². The fourth-order valence-corrected chi connectivity index (χ4v) is 1.73. The maximum absolute atomic E-state index is 13.1. The molecule has 2 aromatic rings. The Morgan fingerprint density at radius 3 is 2.06 bits per heavy atom. The van der Waals surface area contributed by atoms with Crippen molar-refractivity contribution < 1.29 is 8.78 Å². The Hall–Kier alpha value is -1.55. The Morgan fingerprint density at radius 1 is 0.941 bits per heavy atom. The number of rotatable bonds is 1. The molecule has 0 fully saturated rings. The summed E-state index contributed by atoms with van der Waals surface area (Å²) in [6.07, 6.45) is 0. The minimum Gasteiger partial charge on any atom is -0.248 e. The summed E-state index contributed by atoms with van der Waals surface area (Å²) in [5.74, 6) is -1.34. The van der Waals surface area contributed by atoms with Crippen molar-refractivity contribution in [3.63, 3.8) is 0 Å². The molecule has 0 aliphatic carbocycles. The fraction of sp³-hybridized carbons (Fsp3) is 0.167. The van der Waals surface area contributed by atoms with Gasteiger partial charge < -0.3 is 0 Å². The summed E-state index contributed by atoms with van der Waals surface area (Å²) in [5.41, 5.74) is 1.93. The molecule has 0 N–H and O–H groups in total. The van der Waals surface area contributed by atoms with E-state index in [0.29, 0.717) is 11.4 Å². The maximum Gasteiger partial charge on any atom is 0.155 e. The predicted molar refractivity (Wildman–Crippen MR) is 61.9 cm³/mol. The van der Waals surface area contributed by atoms with Gasteiger partial charge in [0, 0.05) is 11.6 Å². The quantitative estimate of drug-likeness (QED) is 0.776. The highest BCUT2D eigenvalue weighted by atomic mass is 35.5. The molecule has 5 heteroatoms. The molecule has 0 unspecified atom stereocenters. The van der Waals surface area contributed by atoms with Crippen LogP contribution in [0.1, 0.15) is 11.4 Å². The Balaban J connectivity index is 2.64. The van der Waals surface area contributed by atoms with Crippen LogP contribution in [0.5, 0.6) is 0 Å². The van der Waals surface area contributed by atoms with E-state index in [9.17, 15) is 8.78 Å². The average Bonchev–Trinajstić information content (AvgIpc) is 2.22. The van der Waals surface area contributed by atoms with Gasteiger partial charge in [0.05, 0.1) is 11.4 Å². The molecule has 2 rings (SSSR count). The molecule has 0 amide bonds. The minimum atomic E-state index is -0.670. The summed E-state index contributed by atoms with van der Waals surface area (Å²) in [5, 5.41) is 0.137. The van der Waals surface area contributed by atoms with Crippen LogP contribution in [0.25, 0.3) is 11.3 Å². The molecule has 0 radical (unpaired) electrons. The summed E-state index contributed by atoms with van der Waals surface area (Å²) in [6, 6.07) is 3.15. The van der Waals surface area contributed by atoms with Crippen LogP contribution in [-0.2, 0) is 0 Å². The molecule has 1 aromatic carbocycles. The van der Waals surface area contributed by atoms with E-state index in [1.807, 2.05) is 0 Å². The first-order valence-electron chi connectivity index (χ1n) is 4.94. The number of halogens is 3. The molecule has 2 nitrogen and oxygen atoms in total. The lowest BCUT2D eigenvalue weighted by molar-refractivity contribution is 0.584. The largest absolute Gasteiger partial charge is 0.248 e. The second-order valence-corrected chi connectivity index (χ2v) is 4.05. The molecular formula is C12H9ClF2N2. The zero-order valence-electron chi connectivity index (χ0n) is 9.26. The van der Waals surface area contributed by atoms with Gasteiger partial charge in [-0.3, -0.25) is 0 Å². The summed E-state index contributed by atoms with van der Waals surface area (Å²) < 4.78 is 26.2. The average molecular weight is 255 g/mol. The van der Waals surface area contributed by atoms with Crippen molar-refractivity contribution in [2.75, 3.05) is 0 Å². The van der Waals surface area contributed by atoms with Crippen molar-refractivity contribution in [1.29, 1.82) is 0 Å². The number of aromatic nitrogens is 2. The first-order valence-corrected chi connectivity index (χ1v) is 5.32. The van der Waals surface area contributed by atoms with Crippen LogP contribution in [0.3, 0.4) is 0 Å². The molecule has 1 aromatic heterocycles. The first kappa shape index (κ1) is 11.9. The Morgan fingerprint density at radius 2 is 1.47 bits per heavy atom. The molecule has 1 heterocycles. The Kier molecular flexibility index (Phi) is 3.07. The molecule has 0 aliphatic heterocycles.